The van der Waals surface area contributed by atoms with Crippen molar-refractivity contribution >= 4 is 21.6 Å². The Labute approximate surface area is 126 Å². The van der Waals surface area contributed by atoms with Gasteiger partial charge in [0.15, 0.2) is 0 Å². The molecule has 0 saturated carbocycles. The molecule has 0 unspecified atom stereocenters. The summed E-state index contributed by atoms with van der Waals surface area (Å²) in [6, 6.07) is 7.14. The largest absolute Gasteiger partial charge is 0.488 e. The Balaban J connectivity index is 2.26. The van der Waals surface area contributed by atoms with Gasteiger partial charge in [-0.3, -0.25) is 0 Å². The van der Waals surface area contributed by atoms with E-state index in [1.165, 1.54) is 24.3 Å². The normalized spacial score (nSPS) is 11.5. The van der Waals surface area contributed by atoms with E-state index < -0.39 is 17.6 Å². The number of hydrogen-bond donors (Lipinski definition) is 1. The molecule has 0 aliphatic rings. The molecule has 0 atom stereocenters. The van der Waals surface area contributed by atoms with E-state index in [1.807, 2.05) is 0 Å². The molecular weight excluding hydrogens is 354 g/mol. The number of nitrogens with two attached hydrogens (primary N) is 1. The zero-order valence-electron chi connectivity index (χ0n) is 10.5. The Kier molecular flexibility index (Phi) is 4.41. The summed E-state index contributed by atoms with van der Waals surface area (Å²) in [5.74, 6) is -0.849. The Morgan fingerprint density at radius 2 is 1.81 bits per heavy atom. The van der Waals surface area contributed by atoms with E-state index in [-0.39, 0.29) is 18.0 Å². The summed E-state index contributed by atoms with van der Waals surface area (Å²) < 4.78 is 57.5. The second-order valence-corrected chi connectivity index (χ2v) is 5.13. The Hall–Kier alpha value is -1.76. The smallest absolute Gasteiger partial charge is 0.420 e. The summed E-state index contributed by atoms with van der Waals surface area (Å²) in [4.78, 5) is 0. The summed E-state index contributed by atoms with van der Waals surface area (Å²) in [5.41, 5.74) is 4.79. The van der Waals surface area contributed by atoms with Crippen molar-refractivity contribution in [2.24, 2.45) is 0 Å². The minimum absolute atomic E-state index is 0.0124. The van der Waals surface area contributed by atoms with Crippen LogP contribution in [0.5, 0.6) is 5.75 Å². The lowest BCUT2D eigenvalue weighted by molar-refractivity contribution is -0.139. The van der Waals surface area contributed by atoms with Gasteiger partial charge in [-0.2, -0.15) is 13.2 Å². The van der Waals surface area contributed by atoms with Gasteiger partial charge in [-0.25, -0.2) is 4.39 Å². The first-order chi connectivity index (χ1) is 9.77. The summed E-state index contributed by atoms with van der Waals surface area (Å²) in [5, 5.41) is 0. The second-order valence-electron chi connectivity index (χ2n) is 4.28. The maximum atomic E-state index is 13.1. The fourth-order valence-electron chi connectivity index (χ4n) is 1.70. The van der Waals surface area contributed by atoms with Crippen LogP contribution in [0.15, 0.2) is 40.9 Å². The van der Waals surface area contributed by atoms with Gasteiger partial charge < -0.3 is 10.5 Å². The fourth-order valence-corrected chi connectivity index (χ4v) is 2.07. The minimum Gasteiger partial charge on any atom is -0.488 e. The second kappa shape index (κ2) is 5.93. The van der Waals surface area contributed by atoms with E-state index in [0.29, 0.717) is 10.0 Å². The van der Waals surface area contributed by atoms with Crippen molar-refractivity contribution in [3.05, 3.63) is 57.8 Å². The van der Waals surface area contributed by atoms with E-state index in [2.05, 4.69) is 15.9 Å². The van der Waals surface area contributed by atoms with Gasteiger partial charge in [0.25, 0.3) is 0 Å². The van der Waals surface area contributed by atoms with Crippen molar-refractivity contribution in [3.8, 4) is 5.75 Å². The predicted octanol–water partition coefficient (Wildman–Crippen LogP) is 4.77. The molecule has 0 radical (unpaired) electrons. The van der Waals surface area contributed by atoms with Crippen molar-refractivity contribution in [1.29, 1.82) is 0 Å². The van der Waals surface area contributed by atoms with Crippen LogP contribution in [0, 0.1) is 5.82 Å². The SMILES string of the molecule is Nc1ccc(OCc2cc(F)ccc2Br)c(C(F)(F)F)c1. The number of benzene rings is 2. The highest BCUT2D eigenvalue weighted by molar-refractivity contribution is 9.10. The number of nitrogen functional groups attached to an aromatic ring is 1. The average Bonchev–Trinajstić information content (AvgIpc) is 2.40. The van der Waals surface area contributed by atoms with Gasteiger partial charge >= 0.3 is 6.18 Å². The molecule has 0 aromatic heterocycles. The van der Waals surface area contributed by atoms with E-state index in [9.17, 15) is 17.6 Å². The lowest BCUT2D eigenvalue weighted by Crippen LogP contribution is -2.09. The molecule has 0 aliphatic carbocycles. The molecule has 2 N–H and O–H groups in total. The molecule has 0 aliphatic heterocycles. The van der Waals surface area contributed by atoms with Crippen LogP contribution in [-0.4, -0.2) is 0 Å². The minimum atomic E-state index is -4.58. The summed E-state index contributed by atoms with van der Waals surface area (Å²) in [6.45, 7) is -0.203. The van der Waals surface area contributed by atoms with Crippen LogP contribution in [0.3, 0.4) is 0 Å². The molecule has 2 rings (SSSR count). The molecular formula is C14H10BrF4NO. The maximum Gasteiger partial charge on any atom is 0.420 e. The van der Waals surface area contributed by atoms with Crippen LogP contribution in [0.4, 0.5) is 23.2 Å². The Morgan fingerprint density at radius 1 is 1.10 bits per heavy atom. The third-order valence-electron chi connectivity index (χ3n) is 2.70. The first kappa shape index (κ1) is 15.6. The number of hydrogen-bond acceptors (Lipinski definition) is 2. The zero-order chi connectivity index (χ0) is 15.6. The highest BCUT2D eigenvalue weighted by atomic mass is 79.9. The molecule has 0 fully saturated rings. The van der Waals surface area contributed by atoms with E-state index in [4.69, 9.17) is 10.5 Å². The predicted molar refractivity (Wildman–Crippen MR) is 74.3 cm³/mol. The number of rotatable bonds is 3. The first-order valence-electron chi connectivity index (χ1n) is 5.81. The number of alkyl halides is 3. The first-order valence-corrected chi connectivity index (χ1v) is 6.60. The van der Waals surface area contributed by atoms with Crippen LogP contribution in [0.25, 0.3) is 0 Å². The Bertz CT molecular complexity index is 658. The highest BCUT2D eigenvalue weighted by Gasteiger charge is 2.34. The van der Waals surface area contributed by atoms with Crippen LogP contribution in [0.2, 0.25) is 0 Å². The van der Waals surface area contributed by atoms with Gasteiger partial charge in [-0.15, -0.1) is 0 Å². The summed E-state index contributed by atoms with van der Waals surface area (Å²) in [7, 11) is 0. The van der Waals surface area contributed by atoms with Crippen LogP contribution < -0.4 is 10.5 Å². The summed E-state index contributed by atoms with van der Waals surface area (Å²) >= 11 is 3.18. The average molecular weight is 364 g/mol. The molecule has 0 saturated heterocycles. The van der Waals surface area contributed by atoms with E-state index in [0.717, 1.165) is 12.1 Å². The fraction of sp³-hybridized carbons (Fsp3) is 0.143. The quantitative estimate of drug-likeness (QED) is 0.629. The molecule has 7 heteroatoms. The van der Waals surface area contributed by atoms with Crippen molar-refractivity contribution in [1.82, 2.24) is 0 Å². The van der Waals surface area contributed by atoms with Gasteiger partial charge in [0.1, 0.15) is 18.2 Å². The van der Waals surface area contributed by atoms with Crippen molar-refractivity contribution in [2.45, 2.75) is 12.8 Å². The number of halogens is 5. The third-order valence-corrected chi connectivity index (χ3v) is 3.47. The van der Waals surface area contributed by atoms with E-state index >= 15 is 0 Å². The molecule has 2 aromatic carbocycles. The van der Waals surface area contributed by atoms with Gasteiger partial charge in [0, 0.05) is 15.7 Å². The summed E-state index contributed by atoms with van der Waals surface area (Å²) in [6.07, 6.45) is -4.58. The van der Waals surface area contributed by atoms with Crippen LogP contribution >= 0.6 is 15.9 Å². The molecule has 0 spiro atoms. The van der Waals surface area contributed by atoms with Crippen LogP contribution in [-0.2, 0) is 12.8 Å². The third kappa shape index (κ3) is 3.87. The molecule has 0 bridgehead atoms. The number of ether oxygens (including phenoxy) is 1. The molecule has 0 amide bonds. The van der Waals surface area contributed by atoms with Gasteiger partial charge in [0.2, 0.25) is 0 Å². The topological polar surface area (TPSA) is 35.2 Å². The van der Waals surface area contributed by atoms with Crippen molar-refractivity contribution < 1.29 is 22.3 Å². The molecule has 2 nitrogen and oxygen atoms in total. The van der Waals surface area contributed by atoms with Gasteiger partial charge in [-0.05, 0) is 36.4 Å². The Morgan fingerprint density at radius 3 is 2.48 bits per heavy atom. The standard InChI is InChI=1S/C14H10BrF4NO/c15-12-3-1-9(16)5-8(12)7-21-13-4-2-10(20)6-11(13)14(17,18)19/h1-6H,7,20H2. The zero-order valence-corrected chi connectivity index (χ0v) is 12.1. The van der Waals surface area contributed by atoms with Crippen LogP contribution in [0.1, 0.15) is 11.1 Å². The van der Waals surface area contributed by atoms with Crippen molar-refractivity contribution in [3.63, 3.8) is 0 Å². The lowest BCUT2D eigenvalue weighted by atomic mass is 10.1. The van der Waals surface area contributed by atoms with Gasteiger partial charge in [-0.1, -0.05) is 15.9 Å². The molecule has 21 heavy (non-hydrogen) atoms. The molecule has 0 heterocycles. The monoisotopic (exact) mass is 363 g/mol. The molecule has 112 valence electrons. The lowest BCUT2D eigenvalue weighted by Gasteiger charge is -2.15. The molecule has 2 aromatic rings. The van der Waals surface area contributed by atoms with Crippen molar-refractivity contribution in [2.75, 3.05) is 5.73 Å². The van der Waals surface area contributed by atoms with Gasteiger partial charge in [0.05, 0.1) is 5.56 Å². The maximum absolute atomic E-state index is 13.1. The highest BCUT2D eigenvalue weighted by Crippen LogP contribution is 2.37. The number of anilines is 1. The van der Waals surface area contributed by atoms with E-state index in [1.54, 1.807) is 0 Å².